The minimum atomic E-state index is -0.466. The summed E-state index contributed by atoms with van der Waals surface area (Å²) in [4.78, 5) is 47.0. The molecule has 212 valence electrons. The van der Waals surface area contributed by atoms with Crippen molar-refractivity contribution >= 4 is 23.4 Å². The lowest BCUT2D eigenvalue weighted by Gasteiger charge is -2.56. The summed E-state index contributed by atoms with van der Waals surface area (Å²) in [5, 5.41) is 0. The van der Waals surface area contributed by atoms with E-state index in [9.17, 15) is 14.4 Å². The SMILES string of the molecule is CC1CCC2C(=O)N3C(CCC(C)[C@@H]3c3ccc(-c4ccco4)cc3)C(=O)N2C1c1cccc(N2CCCC2=O)c1. The first kappa shape index (κ1) is 26.1. The molecule has 5 heterocycles. The molecule has 6 atom stereocenters. The van der Waals surface area contributed by atoms with Gasteiger partial charge in [0.2, 0.25) is 17.7 Å². The summed E-state index contributed by atoms with van der Waals surface area (Å²) in [5.74, 6) is 1.56. The van der Waals surface area contributed by atoms with Crippen LogP contribution in [0.4, 0.5) is 5.69 Å². The predicted molar refractivity (Wildman–Crippen MR) is 156 cm³/mol. The average Bonchev–Trinajstić information content (AvgIpc) is 3.68. The van der Waals surface area contributed by atoms with Crippen LogP contribution in [0.3, 0.4) is 0 Å². The number of piperidine rings is 2. The molecule has 41 heavy (non-hydrogen) atoms. The Kier molecular flexibility index (Phi) is 6.48. The van der Waals surface area contributed by atoms with Crippen LogP contribution < -0.4 is 4.90 Å². The van der Waals surface area contributed by atoms with Crippen molar-refractivity contribution in [3.63, 3.8) is 0 Å². The highest BCUT2D eigenvalue weighted by Crippen LogP contribution is 2.48. The van der Waals surface area contributed by atoms with E-state index in [1.807, 2.05) is 51.1 Å². The van der Waals surface area contributed by atoms with Crippen molar-refractivity contribution in [2.75, 3.05) is 11.4 Å². The van der Waals surface area contributed by atoms with Crippen LogP contribution in [-0.4, -0.2) is 46.1 Å². The topological polar surface area (TPSA) is 74.1 Å². The Bertz CT molecular complexity index is 1470. The largest absolute Gasteiger partial charge is 0.464 e. The quantitative estimate of drug-likeness (QED) is 0.391. The van der Waals surface area contributed by atoms with Gasteiger partial charge in [-0.3, -0.25) is 14.4 Å². The highest BCUT2D eigenvalue weighted by molar-refractivity contribution is 5.98. The van der Waals surface area contributed by atoms with E-state index in [2.05, 4.69) is 38.1 Å². The van der Waals surface area contributed by atoms with Crippen molar-refractivity contribution < 1.29 is 18.8 Å². The van der Waals surface area contributed by atoms with Gasteiger partial charge in [0.1, 0.15) is 17.8 Å². The van der Waals surface area contributed by atoms with Crippen molar-refractivity contribution in [1.29, 1.82) is 0 Å². The number of benzene rings is 2. The second-order valence-electron chi connectivity index (χ2n) is 12.4. The van der Waals surface area contributed by atoms with Crippen LogP contribution in [0.25, 0.3) is 11.3 Å². The molecular weight excluding hydrogens is 514 g/mol. The van der Waals surface area contributed by atoms with Crippen molar-refractivity contribution in [2.24, 2.45) is 11.8 Å². The summed E-state index contributed by atoms with van der Waals surface area (Å²) < 4.78 is 5.56. The maximum atomic E-state index is 14.4. The molecule has 7 nitrogen and oxygen atoms in total. The smallest absolute Gasteiger partial charge is 0.246 e. The summed E-state index contributed by atoms with van der Waals surface area (Å²) in [6.07, 6.45) is 6.22. The number of anilines is 1. The molecule has 4 saturated heterocycles. The molecule has 4 aliphatic heterocycles. The van der Waals surface area contributed by atoms with Gasteiger partial charge >= 0.3 is 0 Å². The zero-order valence-corrected chi connectivity index (χ0v) is 23.7. The van der Waals surface area contributed by atoms with E-state index in [1.54, 1.807) is 6.26 Å². The molecule has 0 radical (unpaired) electrons. The van der Waals surface area contributed by atoms with E-state index in [-0.39, 0.29) is 41.6 Å². The molecule has 0 bridgehead atoms. The first-order valence-corrected chi connectivity index (χ1v) is 15.1. The fraction of sp³-hybridized carbons (Fsp3) is 0.441. The van der Waals surface area contributed by atoms with Crippen molar-refractivity contribution in [3.8, 4) is 11.3 Å². The fourth-order valence-electron chi connectivity index (χ4n) is 7.85. The van der Waals surface area contributed by atoms with E-state index in [1.165, 1.54) is 0 Å². The van der Waals surface area contributed by atoms with Gasteiger partial charge in [-0.1, -0.05) is 50.2 Å². The van der Waals surface area contributed by atoms with Gasteiger partial charge in [-0.15, -0.1) is 0 Å². The Morgan fingerprint density at radius 3 is 1.98 bits per heavy atom. The maximum Gasteiger partial charge on any atom is 0.246 e. The molecule has 7 heteroatoms. The van der Waals surface area contributed by atoms with Crippen LogP contribution in [0.5, 0.6) is 0 Å². The number of piperazine rings is 1. The zero-order chi connectivity index (χ0) is 28.2. The van der Waals surface area contributed by atoms with Crippen LogP contribution in [0.1, 0.15) is 75.6 Å². The molecule has 0 aliphatic carbocycles. The van der Waals surface area contributed by atoms with Gasteiger partial charge in [0.25, 0.3) is 0 Å². The standard InChI is InChI=1S/C34H37N3O4/c1-21-10-16-27-34(40)37-28(33(39)36(27)31(21)24-14-12-23(13-15-24)29-8-5-19-41-29)17-11-22(2)32(37)25-6-3-7-26(20-25)35-18-4-9-30(35)38/h3,5-8,12-15,19-22,27-28,31-32H,4,9-11,16-18H2,1-2H3/t21?,22?,27?,28?,31-,32?/m1/s1. The second-order valence-corrected chi connectivity index (χ2v) is 12.4. The Hall–Kier alpha value is -3.87. The van der Waals surface area contributed by atoms with Gasteiger partial charge in [-0.2, -0.15) is 0 Å². The third-order valence-electron chi connectivity index (χ3n) is 9.87. The molecule has 3 amide bonds. The molecule has 7 rings (SSSR count). The molecule has 2 aromatic carbocycles. The summed E-state index contributed by atoms with van der Waals surface area (Å²) in [7, 11) is 0. The van der Waals surface area contributed by atoms with Crippen LogP contribution in [0.15, 0.2) is 71.3 Å². The first-order chi connectivity index (χ1) is 19.9. The number of rotatable bonds is 4. The molecule has 1 aromatic heterocycles. The van der Waals surface area contributed by atoms with Crippen molar-refractivity contribution in [2.45, 2.75) is 76.5 Å². The third-order valence-corrected chi connectivity index (χ3v) is 9.87. The number of nitrogens with zero attached hydrogens (tertiary/aromatic N) is 3. The van der Waals surface area contributed by atoms with Crippen LogP contribution >= 0.6 is 0 Å². The minimum absolute atomic E-state index is 0.0675. The third kappa shape index (κ3) is 4.28. The van der Waals surface area contributed by atoms with Crippen LogP contribution in [-0.2, 0) is 14.4 Å². The first-order valence-electron chi connectivity index (χ1n) is 15.1. The average molecular weight is 552 g/mol. The lowest BCUT2D eigenvalue weighted by atomic mass is 9.76. The molecular formula is C34H37N3O4. The van der Waals surface area contributed by atoms with E-state index in [0.717, 1.165) is 53.9 Å². The number of fused-ring (bicyclic) bond motifs is 2. The van der Waals surface area contributed by atoms with Crippen LogP contribution in [0, 0.1) is 11.8 Å². The molecule has 0 saturated carbocycles. The number of amides is 3. The van der Waals surface area contributed by atoms with Gasteiger partial charge in [0, 0.05) is 24.2 Å². The normalized spacial score (nSPS) is 30.0. The Labute approximate surface area is 241 Å². The number of carbonyl (C=O) groups excluding carboxylic acids is 3. The molecule has 5 unspecified atom stereocenters. The molecule has 4 fully saturated rings. The Morgan fingerprint density at radius 2 is 1.39 bits per heavy atom. The lowest BCUT2D eigenvalue weighted by molar-refractivity contribution is -0.177. The van der Waals surface area contributed by atoms with Gasteiger partial charge in [-0.05, 0) is 79.3 Å². The molecule has 4 aliphatic rings. The highest BCUT2D eigenvalue weighted by Gasteiger charge is 2.55. The van der Waals surface area contributed by atoms with E-state index < -0.39 is 12.1 Å². The van der Waals surface area contributed by atoms with Gasteiger partial charge in [0.05, 0.1) is 18.3 Å². The maximum absolute atomic E-state index is 14.4. The number of carbonyl (C=O) groups is 3. The van der Waals surface area contributed by atoms with Gasteiger partial charge in [-0.25, -0.2) is 0 Å². The molecule has 3 aromatic rings. The lowest BCUT2D eigenvalue weighted by Crippen LogP contribution is -2.69. The van der Waals surface area contributed by atoms with E-state index >= 15 is 0 Å². The summed E-state index contributed by atoms with van der Waals surface area (Å²) in [6.45, 7) is 5.11. The van der Waals surface area contributed by atoms with E-state index in [0.29, 0.717) is 19.3 Å². The van der Waals surface area contributed by atoms with Gasteiger partial charge < -0.3 is 19.1 Å². The highest BCUT2D eigenvalue weighted by atomic mass is 16.3. The number of hydrogen-bond acceptors (Lipinski definition) is 4. The van der Waals surface area contributed by atoms with E-state index in [4.69, 9.17) is 4.42 Å². The predicted octanol–water partition coefficient (Wildman–Crippen LogP) is 6.12. The minimum Gasteiger partial charge on any atom is -0.464 e. The molecule has 0 N–H and O–H groups in total. The molecule has 0 spiro atoms. The van der Waals surface area contributed by atoms with Crippen molar-refractivity contribution in [3.05, 3.63) is 78.1 Å². The fourth-order valence-corrected chi connectivity index (χ4v) is 7.85. The summed E-state index contributed by atoms with van der Waals surface area (Å²) in [5.41, 5.74) is 3.97. The zero-order valence-electron chi connectivity index (χ0n) is 23.7. The Morgan fingerprint density at radius 1 is 0.732 bits per heavy atom. The van der Waals surface area contributed by atoms with Crippen molar-refractivity contribution in [1.82, 2.24) is 9.80 Å². The Balaban J connectivity index is 1.21. The van der Waals surface area contributed by atoms with Gasteiger partial charge in [0.15, 0.2) is 0 Å². The second kappa shape index (κ2) is 10.2. The van der Waals surface area contributed by atoms with Crippen LogP contribution in [0.2, 0.25) is 0 Å². The summed E-state index contributed by atoms with van der Waals surface area (Å²) in [6, 6.07) is 18.9. The monoisotopic (exact) mass is 551 g/mol. The number of furan rings is 1. The summed E-state index contributed by atoms with van der Waals surface area (Å²) >= 11 is 0. The number of hydrogen-bond donors (Lipinski definition) is 0.